The number of urea groups is 1. The molecule has 6 heteroatoms. The van der Waals surface area contributed by atoms with E-state index >= 15 is 0 Å². The molecule has 1 aromatic heterocycles. The Balaban J connectivity index is 1.53. The van der Waals surface area contributed by atoms with Gasteiger partial charge in [0.2, 0.25) is 0 Å². The molecule has 0 spiro atoms. The van der Waals surface area contributed by atoms with E-state index in [2.05, 4.69) is 34.3 Å². The van der Waals surface area contributed by atoms with Crippen LogP contribution in [0.5, 0.6) is 0 Å². The van der Waals surface area contributed by atoms with Crippen LogP contribution in [0, 0.1) is 11.8 Å². The van der Waals surface area contributed by atoms with E-state index in [0.29, 0.717) is 12.5 Å². The van der Waals surface area contributed by atoms with Crippen LogP contribution in [0.2, 0.25) is 0 Å². The Morgan fingerprint density at radius 1 is 1.38 bits per heavy atom. The first-order chi connectivity index (χ1) is 11.6. The number of aromatic amines is 1. The maximum atomic E-state index is 12.3. The zero-order chi connectivity index (χ0) is 16.9. The van der Waals surface area contributed by atoms with Gasteiger partial charge in [0.25, 0.3) is 0 Å². The number of hydrogen-bond donors (Lipinski definition) is 2. The van der Waals surface area contributed by atoms with E-state index in [1.807, 2.05) is 29.2 Å². The highest BCUT2D eigenvalue weighted by atomic mass is 16.2. The predicted octanol–water partition coefficient (Wildman–Crippen LogP) is 3.05. The van der Waals surface area contributed by atoms with Crippen LogP contribution in [0.15, 0.2) is 30.6 Å². The molecule has 1 aromatic carbocycles. The Hall–Kier alpha value is -2.37. The number of likely N-dealkylation sites (tertiary alicyclic amines) is 1. The second-order valence-corrected chi connectivity index (χ2v) is 6.76. The van der Waals surface area contributed by atoms with Gasteiger partial charge in [0.15, 0.2) is 5.82 Å². The van der Waals surface area contributed by atoms with Crippen LogP contribution in [0.1, 0.15) is 32.3 Å². The molecule has 1 fully saturated rings. The lowest BCUT2D eigenvalue weighted by molar-refractivity contribution is 0.156. The van der Waals surface area contributed by atoms with Crippen molar-refractivity contribution in [3.8, 4) is 11.4 Å². The van der Waals surface area contributed by atoms with Gasteiger partial charge in [-0.1, -0.05) is 32.0 Å². The van der Waals surface area contributed by atoms with Gasteiger partial charge in [-0.25, -0.2) is 9.78 Å². The van der Waals surface area contributed by atoms with Gasteiger partial charge in [0, 0.05) is 25.2 Å². The Morgan fingerprint density at radius 3 is 2.83 bits per heavy atom. The minimum absolute atomic E-state index is 0.0299. The van der Waals surface area contributed by atoms with E-state index in [1.165, 1.54) is 6.33 Å². The lowest BCUT2D eigenvalue weighted by Gasteiger charge is -2.33. The van der Waals surface area contributed by atoms with Gasteiger partial charge in [-0.3, -0.25) is 5.10 Å². The summed E-state index contributed by atoms with van der Waals surface area (Å²) >= 11 is 0. The van der Waals surface area contributed by atoms with Crippen LogP contribution >= 0.6 is 0 Å². The molecule has 1 aliphatic rings. The monoisotopic (exact) mass is 327 g/mol. The summed E-state index contributed by atoms with van der Waals surface area (Å²) in [5, 5.41) is 9.75. The molecule has 128 valence electrons. The highest BCUT2D eigenvalue weighted by Gasteiger charge is 2.24. The molecule has 2 N–H and O–H groups in total. The van der Waals surface area contributed by atoms with Crippen molar-refractivity contribution in [1.82, 2.24) is 25.4 Å². The van der Waals surface area contributed by atoms with Crippen LogP contribution in [-0.4, -0.2) is 39.2 Å². The van der Waals surface area contributed by atoms with Gasteiger partial charge >= 0.3 is 6.03 Å². The fraction of sp³-hybridized carbons (Fsp3) is 0.500. The summed E-state index contributed by atoms with van der Waals surface area (Å²) < 4.78 is 0. The van der Waals surface area contributed by atoms with Gasteiger partial charge in [-0.15, -0.1) is 0 Å². The van der Waals surface area contributed by atoms with Gasteiger partial charge in [-0.2, -0.15) is 5.10 Å². The third kappa shape index (κ3) is 3.93. The van der Waals surface area contributed by atoms with E-state index in [1.54, 1.807) is 0 Å². The number of carbonyl (C=O) groups excluding carboxylic acids is 1. The van der Waals surface area contributed by atoms with E-state index in [-0.39, 0.29) is 6.03 Å². The van der Waals surface area contributed by atoms with Crippen LogP contribution in [0.25, 0.3) is 11.4 Å². The number of hydrogen-bond acceptors (Lipinski definition) is 3. The van der Waals surface area contributed by atoms with Crippen molar-refractivity contribution in [3.05, 3.63) is 36.2 Å². The predicted molar refractivity (Wildman–Crippen MR) is 93.2 cm³/mol. The zero-order valence-corrected chi connectivity index (χ0v) is 14.3. The van der Waals surface area contributed by atoms with Gasteiger partial charge < -0.3 is 10.2 Å². The Morgan fingerprint density at radius 2 is 2.17 bits per heavy atom. The third-order valence-electron chi connectivity index (χ3n) is 4.83. The van der Waals surface area contributed by atoms with Crippen LogP contribution in [0.3, 0.4) is 0 Å². The third-order valence-corrected chi connectivity index (χ3v) is 4.83. The molecule has 0 bridgehead atoms. The number of nitrogens with zero attached hydrogens (tertiary/aromatic N) is 3. The summed E-state index contributed by atoms with van der Waals surface area (Å²) in [5.41, 5.74) is 2.02. The number of benzene rings is 1. The molecule has 0 atom stereocenters. The number of H-pyrrole nitrogens is 1. The Kier molecular flexibility index (Phi) is 5.13. The molecule has 3 rings (SSSR count). The smallest absolute Gasteiger partial charge is 0.317 e. The number of amides is 2. The van der Waals surface area contributed by atoms with Crippen LogP contribution < -0.4 is 5.32 Å². The van der Waals surface area contributed by atoms with E-state index in [9.17, 15) is 4.79 Å². The number of carbonyl (C=O) groups is 1. The fourth-order valence-electron chi connectivity index (χ4n) is 3.23. The molecule has 24 heavy (non-hydrogen) atoms. The topological polar surface area (TPSA) is 73.9 Å². The van der Waals surface area contributed by atoms with Gasteiger partial charge in [0.05, 0.1) is 0 Å². The number of aromatic nitrogens is 3. The zero-order valence-electron chi connectivity index (χ0n) is 14.3. The quantitative estimate of drug-likeness (QED) is 0.906. The minimum Gasteiger partial charge on any atom is -0.334 e. The van der Waals surface area contributed by atoms with E-state index < -0.39 is 0 Å². The Bertz CT molecular complexity index is 660. The van der Waals surface area contributed by atoms with Crippen LogP contribution in [0.4, 0.5) is 4.79 Å². The molecule has 1 aliphatic heterocycles. The maximum Gasteiger partial charge on any atom is 0.317 e. The summed E-state index contributed by atoms with van der Waals surface area (Å²) in [5.74, 6) is 2.18. The lowest BCUT2D eigenvalue weighted by Crippen LogP contribution is -2.44. The molecular weight excluding hydrogens is 302 g/mol. The molecule has 6 nitrogen and oxygen atoms in total. The van der Waals surface area contributed by atoms with Crippen molar-refractivity contribution < 1.29 is 4.79 Å². The largest absolute Gasteiger partial charge is 0.334 e. The number of piperidine rings is 1. The highest BCUT2D eigenvalue weighted by molar-refractivity contribution is 5.74. The lowest BCUT2D eigenvalue weighted by atomic mass is 9.87. The van der Waals surface area contributed by atoms with Gasteiger partial charge in [0.1, 0.15) is 6.33 Å². The molecule has 2 aromatic rings. The average Bonchev–Trinajstić information content (AvgIpc) is 3.15. The Labute approximate surface area is 142 Å². The summed E-state index contributed by atoms with van der Waals surface area (Å²) in [7, 11) is 0. The van der Waals surface area contributed by atoms with Crippen molar-refractivity contribution >= 4 is 6.03 Å². The SMILES string of the molecule is CC(C)C1CCN(C(=O)NCc2cccc(-c3ncn[nH]3)c2)CC1. The molecule has 1 saturated heterocycles. The molecule has 2 heterocycles. The molecule has 0 aliphatic carbocycles. The normalized spacial score (nSPS) is 15.7. The van der Waals surface area contributed by atoms with E-state index in [4.69, 9.17) is 0 Å². The standard InChI is InChI=1S/C18H25N5O/c1-13(2)15-6-8-23(9-7-15)18(24)19-11-14-4-3-5-16(10-14)17-20-12-21-22-17/h3-5,10,12-13,15H,6-9,11H2,1-2H3,(H,19,24)(H,20,21,22). The van der Waals surface area contributed by atoms with Crippen molar-refractivity contribution in [1.29, 1.82) is 0 Å². The van der Waals surface area contributed by atoms with Crippen molar-refractivity contribution in [2.45, 2.75) is 33.2 Å². The van der Waals surface area contributed by atoms with E-state index in [0.717, 1.165) is 48.8 Å². The minimum atomic E-state index is 0.0299. The first-order valence-electron chi connectivity index (χ1n) is 8.61. The van der Waals surface area contributed by atoms with Crippen molar-refractivity contribution in [3.63, 3.8) is 0 Å². The fourth-order valence-corrected chi connectivity index (χ4v) is 3.23. The summed E-state index contributed by atoms with van der Waals surface area (Å²) in [6.07, 6.45) is 3.70. The maximum absolute atomic E-state index is 12.3. The molecule has 0 radical (unpaired) electrons. The number of nitrogens with one attached hydrogen (secondary N) is 2. The average molecular weight is 327 g/mol. The molecular formula is C18H25N5O. The van der Waals surface area contributed by atoms with Crippen molar-refractivity contribution in [2.75, 3.05) is 13.1 Å². The second kappa shape index (κ2) is 7.47. The summed E-state index contributed by atoms with van der Waals surface area (Å²) in [6, 6.07) is 8.00. The highest BCUT2D eigenvalue weighted by Crippen LogP contribution is 2.24. The first kappa shape index (κ1) is 16.5. The second-order valence-electron chi connectivity index (χ2n) is 6.76. The summed E-state index contributed by atoms with van der Waals surface area (Å²) in [6.45, 7) is 6.76. The first-order valence-corrected chi connectivity index (χ1v) is 8.61. The van der Waals surface area contributed by atoms with Gasteiger partial charge in [-0.05, 0) is 36.3 Å². The molecule has 0 unspecified atom stereocenters. The molecule has 0 saturated carbocycles. The van der Waals surface area contributed by atoms with Crippen molar-refractivity contribution in [2.24, 2.45) is 11.8 Å². The number of rotatable bonds is 4. The summed E-state index contributed by atoms with van der Waals surface area (Å²) in [4.78, 5) is 18.4. The van der Waals surface area contributed by atoms with Crippen LogP contribution in [-0.2, 0) is 6.54 Å². The molecule has 2 amide bonds.